The van der Waals surface area contributed by atoms with Crippen molar-refractivity contribution in [1.82, 2.24) is 0 Å². The fourth-order valence-corrected chi connectivity index (χ4v) is 7.93. The molecule has 2 unspecified atom stereocenters. The van der Waals surface area contributed by atoms with Gasteiger partial charge in [0.1, 0.15) is 0 Å². The number of fused-ring (bicyclic) bond motifs is 2. The molecule has 6 rings (SSSR count). The van der Waals surface area contributed by atoms with Gasteiger partial charge in [0.25, 0.3) is 0 Å². The SMILES string of the molecule is CC1C(c2ccccc2)=C(C2=C(c3cc(C(C)(C)C)cc(C(C)(C)C)c3)[CH]([Zr+2])c3ccccc32)c2ccccc21.[Cl-].[Cl-]. The molecule has 0 amide bonds. The molecular weight excluding hydrogens is 631 g/mol. The first kappa shape index (κ1) is 32.7. The van der Waals surface area contributed by atoms with Gasteiger partial charge in [0.2, 0.25) is 0 Å². The molecule has 0 nitrogen and oxygen atoms in total. The molecule has 2 atom stereocenters. The Morgan fingerprint density at radius 1 is 0.524 bits per heavy atom. The zero-order chi connectivity index (χ0) is 28.4. The van der Waals surface area contributed by atoms with Crippen LogP contribution in [0, 0.1) is 0 Å². The Morgan fingerprint density at radius 2 is 0.976 bits per heavy atom. The predicted octanol–water partition coefficient (Wildman–Crippen LogP) is 4.53. The molecule has 0 saturated carbocycles. The van der Waals surface area contributed by atoms with Crippen LogP contribution in [0.5, 0.6) is 0 Å². The summed E-state index contributed by atoms with van der Waals surface area (Å²) in [5.41, 5.74) is 17.2. The van der Waals surface area contributed by atoms with E-state index in [9.17, 15) is 0 Å². The largest absolute Gasteiger partial charge is 1.00 e. The van der Waals surface area contributed by atoms with Gasteiger partial charge in [-0.1, -0.05) is 0 Å². The molecule has 4 aromatic rings. The van der Waals surface area contributed by atoms with E-state index in [0.29, 0.717) is 9.54 Å². The van der Waals surface area contributed by atoms with Crippen molar-refractivity contribution in [3.63, 3.8) is 0 Å². The second kappa shape index (κ2) is 12.1. The van der Waals surface area contributed by atoms with Crippen LogP contribution >= 0.6 is 0 Å². The van der Waals surface area contributed by atoms with Crippen LogP contribution < -0.4 is 24.8 Å². The monoisotopic (exact) mass is 667 g/mol. The van der Waals surface area contributed by atoms with E-state index in [0.717, 1.165) is 0 Å². The normalized spacial score (nSPS) is 17.9. The summed E-state index contributed by atoms with van der Waals surface area (Å²) in [5.74, 6) is 0.337. The number of benzene rings is 4. The standard InChI is InChI=1S/C39H39.2ClH.Zr/c1-25-31-18-13-14-20-33(31)37(35(25)26-15-9-8-10-16-26)36-32-19-12-11-17-27(32)23-34(36)28-21-29(38(2,3)4)24-30(22-28)39(5,6)7;;;/h8-25H,1-7H3;2*1H;/q;;;+2/p-2. The third-order valence-corrected chi connectivity index (χ3v) is 10.3. The predicted molar refractivity (Wildman–Crippen MR) is 168 cm³/mol. The van der Waals surface area contributed by atoms with Crippen LogP contribution in [-0.4, -0.2) is 0 Å². The van der Waals surface area contributed by atoms with Crippen molar-refractivity contribution < 1.29 is 49.5 Å². The first-order valence-corrected chi connectivity index (χ1v) is 16.0. The summed E-state index contributed by atoms with van der Waals surface area (Å²) in [4.78, 5) is 0. The fraction of sp³-hybridized carbons (Fsp3) is 0.282. The molecule has 3 heteroatoms. The molecule has 0 spiro atoms. The molecule has 4 aromatic carbocycles. The number of halogens is 2. The van der Waals surface area contributed by atoms with E-state index in [2.05, 4.69) is 146 Å². The number of hydrogen-bond donors (Lipinski definition) is 0. The second-order valence-electron chi connectivity index (χ2n) is 13.6. The Balaban J connectivity index is 0.00000202. The average Bonchev–Trinajstić information content (AvgIpc) is 3.38. The Bertz CT molecular complexity index is 1650. The average molecular weight is 670 g/mol. The van der Waals surface area contributed by atoms with Crippen molar-refractivity contribution in [2.75, 3.05) is 0 Å². The van der Waals surface area contributed by atoms with Crippen LogP contribution in [0.4, 0.5) is 0 Å². The van der Waals surface area contributed by atoms with Crippen LogP contribution in [0.1, 0.15) is 103 Å². The third-order valence-electron chi connectivity index (χ3n) is 8.81. The summed E-state index contributed by atoms with van der Waals surface area (Å²) in [5, 5.41) is 0. The first-order chi connectivity index (χ1) is 19.0. The number of rotatable bonds is 3. The van der Waals surface area contributed by atoms with E-state index in [1.165, 1.54) is 91.5 Å². The maximum absolute atomic E-state index is 2.50. The minimum atomic E-state index is 0. The second-order valence-corrected chi connectivity index (χ2v) is 15.0. The van der Waals surface area contributed by atoms with Crippen LogP contribution in [0.3, 0.4) is 0 Å². The van der Waals surface area contributed by atoms with Gasteiger partial charge < -0.3 is 24.8 Å². The minimum absolute atomic E-state index is 0. The van der Waals surface area contributed by atoms with Crippen molar-refractivity contribution in [1.29, 1.82) is 0 Å². The first-order valence-electron chi connectivity index (χ1n) is 14.6. The van der Waals surface area contributed by atoms with Crippen LogP contribution in [0.15, 0.2) is 97.1 Å². The third kappa shape index (κ3) is 5.59. The Morgan fingerprint density at radius 3 is 1.52 bits per heavy atom. The van der Waals surface area contributed by atoms with Gasteiger partial charge in [-0.3, -0.25) is 0 Å². The van der Waals surface area contributed by atoms with Crippen LogP contribution in [0.2, 0.25) is 0 Å². The number of allylic oxidation sites excluding steroid dienone is 4. The molecule has 0 heterocycles. The Labute approximate surface area is 280 Å². The van der Waals surface area contributed by atoms with Gasteiger partial charge in [-0.15, -0.1) is 0 Å². The van der Waals surface area contributed by atoms with Gasteiger partial charge in [-0.25, -0.2) is 0 Å². The molecule has 0 aromatic heterocycles. The van der Waals surface area contributed by atoms with Gasteiger partial charge in [0.05, 0.1) is 0 Å². The van der Waals surface area contributed by atoms with Gasteiger partial charge in [0, 0.05) is 0 Å². The molecule has 0 bridgehead atoms. The van der Waals surface area contributed by atoms with E-state index < -0.39 is 0 Å². The summed E-state index contributed by atoms with van der Waals surface area (Å²) in [6, 6.07) is 36.8. The topological polar surface area (TPSA) is 0 Å². The van der Waals surface area contributed by atoms with E-state index in [1.807, 2.05) is 0 Å². The molecule has 2 aliphatic rings. The van der Waals surface area contributed by atoms with Crippen molar-refractivity contribution in [2.45, 2.75) is 68.8 Å². The maximum Gasteiger partial charge on any atom is -1.00 e. The molecule has 213 valence electrons. The zero-order valence-electron chi connectivity index (χ0n) is 25.6. The summed E-state index contributed by atoms with van der Waals surface area (Å²) >= 11 is 1.54. The van der Waals surface area contributed by atoms with Crippen LogP contribution in [-0.2, 0) is 35.5 Å². The molecule has 0 fully saturated rings. The van der Waals surface area contributed by atoms with Crippen molar-refractivity contribution >= 4 is 22.3 Å². The van der Waals surface area contributed by atoms with Crippen molar-refractivity contribution in [3.8, 4) is 0 Å². The van der Waals surface area contributed by atoms with Crippen molar-refractivity contribution in [2.24, 2.45) is 0 Å². The van der Waals surface area contributed by atoms with E-state index >= 15 is 0 Å². The van der Waals surface area contributed by atoms with Gasteiger partial charge >= 0.3 is 257 Å². The van der Waals surface area contributed by atoms with Crippen molar-refractivity contribution in [3.05, 3.63) is 142 Å². The van der Waals surface area contributed by atoms with Gasteiger partial charge in [0.15, 0.2) is 0 Å². The Hall–Kier alpha value is -2.18. The smallest absolute Gasteiger partial charge is 1.00 e. The van der Waals surface area contributed by atoms with Crippen LogP contribution in [0.25, 0.3) is 22.3 Å². The van der Waals surface area contributed by atoms with Gasteiger partial charge in [-0.05, 0) is 0 Å². The molecule has 0 radical (unpaired) electrons. The van der Waals surface area contributed by atoms with E-state index in [4.69, 9.17) is 0 Å². The summed E-state index contributed by atoms with van der Waals surface area (Å²) < 4.78 is 0.397. The molecule has 0 aliphatic heterocycles. The zero-order valence-corrected chi connectivity index (χ0v) is 29.6. The molecule has 0 saturated heterocycles. The molecule has 0 N–H and O–H groups in total. The van der Waals surface area contributed by atoms with Gasteiger partial charge in [-0.2, -0.15) is 0 Å². The maximum atomic E-state index is 2.50. The quantitative estimate of drug-likeness (QED) is 0.301. The molecule has 42 heavy (non-hydrogen) atoms. The molecule has 2 aliphatic carbocycles. The molecular formula is C39H39Cl2Zr. The summed E-state index contributed by atoms with van der Waals surface area (Å²) in [7, 11) is 0. The minimum Gasteiger partial charge on any atom is -1.00 e. The summed E-state index contributed by atoms with van der Waals surface area (Å²) in [6.07, 6.45) is 0. The van der Waals surface area contributed by atoms with E-state index in [1.54, 1.807) is 0 Å². The Kier molecular flexibility index (Phi) is 9.41. The fourth-order valence-electron chi connectivity index (χ4n) is 6.55. The number of hydrogen-bond acceptors (Lipinski definition) is 0. The summed E-state index contributed by atoms with van der Waals surface area (Å²) in [6.45, 7) is 16.5. The van der Waals surface area contributed by atoms with E-state index in [-0.39, 0.29) is 35.6 Å².